The summed E-state index contributed by atoms with van der Waals surface area (Å²) < 4.78 is 0. The van der Waals surface area contributed by atoms with Gasteiger partial charge in [-0.2, -0.15) is 0 Å². The molecule has 0 saturated heterocycles. The van der Waals surface area contributed by atoms with Crippen molar-refractivity contribution < 1.29 is 5.11 Å². The van der Waals surface area contributed by atoms with Crippen molar-refractivity contribution in [3.05, 3.63) is 0 Å². The molecule has 0 aromatic heterocycles. The fraction of sp³-hybridized carbons (Fsp3) is 1.00. The van der Waals surface area contributed by atoms with Crippen LogP contribution in [0.1, 0.15) is 46.0 Å². The zero-order valence-electron chi connectivity index (χ0n) is 9.26. The molecule has 82 valence electrons. The number of rotatable bonds is 9. The van der Waals surface area contributed by atoms with Gasteiger partial charge in [0.15, 0.2) is 0 Å². The minimum absolute atomic E-state index is 0. The molecule has 0 spiro atoms. The molecule has 0 atom stereocenters. The van der Waals surface area contributed by atoms with Gasteiger partial charge in [-0.3, -0.25) is 0 Å². The Morgan fingerprint density at radius 1 is 0.857 bits per heavy atom. The van der Waals surface area contributed by atoms with Crippen molar-refractivity contribution >= 4 is 29.6 Å². The monoisotopic (exact) mass is 211 g/mol. The summed E-state index contributed by atoms with van der Waals surface area (Å²) in [5.74, 6) is 0. The van der Waals surface area contributed by atoms with E-state index in [1.165, 1.54) is 38.8 Å². The molecule has 0 aliphatic carbocycles. The number of unbranched alkanes of at least 4 members (excludes halogenated alkanes) is 2. The maximum atomic E-state index is 8.74. The summed E-state index contributed by atoms with van der Waals surface area (Å²) in [4.78, 5) is 2.48. The molecule has 0 bridgehead atoms. The molecule has 0 heterocycles. The zero-order valence-corrected chi connectivity index (χ0v) is 9.26. The minimum atomic E-state index is 0. The van der Waals surface area contributed by atoms with E-state index < -0.39 is 0 Å². The molecule has 0 aromatic carbocycles. The Balaban J connectivity index is 0. The Hall–Kier alpha value is 0.920. The molecule has 0 amide bonds. The van der Waals surface area contributed by atoms with Crippen LogP contribution >= 0.6 is 0 Å². The molecular weight excluding hydrogens is 185 g/mol. The van der Waals surface area contributed by atoms with Crippen LogP contribution < -0.4 is 0 Å². The fourth-order valence-electron chi connectivity index (χ4n) is 1.39. The Kier molecular flexibility index (Phi) is 17.2. The van der Waals surface area contributed by atoms with Crippen LogP contribution in [0.5, 0.6) is 0 Å². The number of hydrogen-bond donors (Lipinski definition) is 1. The van der Waals surface area contributed by atoms with Crippen LogP contribution in [0.4, 0.5) is 0 Å². The van der Waals surface area contributed by atoms with E-state index in [1.54, 1.807) is 0 Å². The first-order valence-corrected chi connectivity index (χ1v) is 5.68. The second kappa shape index (κ2) is 13.9. The second-order valence-corrected chi connectivity index (χ2v) is 3.63. The van der Waals surface area contributed by atoms with Crippen LogP contribution in [-0.4, -0.2) is 65.8 Å². The standard InChI is InChI=1S/C11H25NO.Na.H/c1-3-5-8-12(9-6-4-2)10-7-11-13;;/h13H,3-11H2,1-2H3;;. The molecule has 1 N–H and O–H groups in total. The predicted octanol–water partition coefficient (Wildman–Crippen LogP) is 1.62. The first kappa shape index (κ1) is 17.3. The molecule has 0 unspecified atom stereocenters. The third-order valence-corrected chi connectivity index (χ3v) is 2.29. The van der Waals surface area contributed by atoms with Crippen molar-refractivity contribution in [2.75, 3.05) is 26.2 Å². The summed E-state index contributed by atoms with van der Waals surface area (Å²) in [6.45, 7) is 8.26. The van der Waals surface area contributed by atoms with Crippen molar-refractivity contribution in [2.45, 2.75) is 46.0 Å². The number of aliphatic hydroxyl groups is 1. The van der Waals surface area contributed by atoms with Crippen molar-refractivity contribution in [1.82, 2.24) is 4.90 Å². The van der Waals surface area contributed by atoms with E-state index in [4.69, 9.17) is 5.11 Å². The van der Waals surface area contributed by atoms with Gasteiger partial charge in [-0.25, -0.2) is 0 Å². The molecule has 14 heavy (non-hydrogen) atoms. The van der Waals surface area contributed by atoms with Crippen molar-refractivity contribution in [2.24, 2.45) is 0 Å². The van der Waals surface area contributed by atoms with Gasteiger partial charge in [0.25, 0.3) is 0 Å². The van der Waals surface area contributed by atoms with Gasteiger partial charge in [0.05, 0.1) is 0 Å². The Labute approximate surface area is 111 Å². The van der Waals surface area contributed by atoms with E-state index in [2.05, 4.69) is 18.7 Å². The van der Waals surface area contributed by atoms with Crippen molar-refractivity contribution in [3.8, 4) is 0 Å². The molecule has 0 saturated carbocycles. The molecule has 0 fully saturated rings. The molecule has 0 aromatic rings. The van der Waals surface area contributed by atoms with E-state index in [-0.39, 0.29) is 29.6 Å². The average molecular weight is 211 g/mol. The maximum absolute atomic E-state index is 8.74. The number of aliphatic hydroxyl groups excluding tert-OH is 1. The summed E-state index contributed by atoms with van der Waals surface area (Å²) in [5, 5.41) is 8.74. The van der Waals surface area contributed by atoms with Gasteiger partial charge in [-0.05, 0) is 32.4 Å². The van der Waals surface area contributed by atoms with E-state index in [1.807, 2.05) is 0 Å². The summed E-state index contributed by atoms with van der Waals surface area (Å²) >= 11 is 0. The van der Waals surface area contributed by atoms with Crippen molar-refractivity contribution in [1.29, 1.82) is 0 Å². The van der Waals surface area contributed by atoms with Crippen LogP contribution in [0, 0.1) is 0 Å². The zero-order chi connectivity index (χ0) is 9.94. The average Bonchev–Trinajstić information content (AvgIpc) is 2.17. The van der Waals surface area contributed by atoms with Gasteiger partial charge in [0, 0.05) is 13.2 Å². The Morgan fingerprint density at radius 3 is 1.64 bits per heavy atom. The van der Waals surface area contributed by atoms with Gasteiger partial charge in [-0.15, -0.1) is 0 Å². The van der Waals surface area contributed by atoms with Crippen LogP contribution in [0.15, 0.2) is 0 Å². The Bertz CT molecular complexity index is 82.3. The van der Waals surface area contributed by atoms with Crippen LogP contribution in [0.25, 0.3) is 0 Å². The molecule has 0 radical (unpaired) electrons. The summed E-state index contributed by atoms with van der Waals surface area (Å²) in [6, 6.07) is 0. The third kappa shape index (κ3) is 11.0. The van der Waals surface area contributed by atoms with Gasteiger partial charge in [0.2, 0.25) is 0 Å². The summed E-state index contributed by atoms with van der Waals surface area (Å²) in [5.41, 5.74) is 0. The van der Waals surface area contributed by atoms with Gasteiger partial charge in [0.1, 0.15) is 0 Å². The first-order valence-electron chi connectivity index (χ1n) is 5.68. The molecule has 3 heteroatoms. The van der Waals surface area contributed by atoms with E-state index in [9.17, 15) is 0 Å². The van der Waals surface area contributed by atoms with Crippen molar-refractivity contribution in [3.63, 3.8) is 0 Å². The predicted molar refractivity (Wildman–Crippen MR) is 65.1 cm³/mol. The van der Waals surface area contributed by atoms with Gasteiger partial charge >= 0.3 is 29.6 Å². The van der Waals surface area contributed by atoms with E-state index in [0.717, 1.165) is 13.0 Å². The topological polar surface area (TPSA) is 23.5 Å². The summed E-state index contributed by atoms with van der Waals surface area (Å²) in [6.07, 6.45) is 6.03. The fourth-order valence-corrected chi connectivity index (χ4v) is 1.39. The SMILES string of the molecule is CCCCN(CCCC)CCCO.[NaH]. The molecule has 2 nitrogen and oxygen atoms in total. The molecular formula is C11H26NNaO. The normalized spacial score (nSPS) is 10.3. The third-order valence-electron chi connectivity index (χ3n) is 2.29. The van der Waals surface area contributed by atoms with Gasteiger partial charge in [-0.1, -0.05) is 26.7 Å². The first-order chi connectivity index (χ1) is 6.35. The number of hydrogen-bond acceptors (Lipinski definition) is 2. The second-order valence-electron chi connectivity index (χ2n) is 3.63. The number of nitrogens with zero attached hydrogens (tertiary/aromatic N) is 1. The van der Waals surface area contributed by atoms with Gasteiger partial charge < -0.3 is 10.0 Å². The van der Waals surface area contributed by atoms with E-state index in [0.29, 0.717) is 6.61 Å². The van der Waals surface area contributed by atoms with E-state index >= 15 is 0 Å². The van der Waals surface area contributed by atoms with Crippen LogP contribution in [-0.2, 0) is 0 Å². The van der Waals surface area contributed by atoms with Crippen LogP contribution in [0.3, 0.4) is 0 Å². The summed E-state index contributed by atoms with van der Waals surface area (Å²) in [7, 11) is 0. The quantitative estimate of drug-likeness (QED) is 0.586. The van der Waals surface area contributed by atoms with Crippen LogP contribution in [0.2, 0.25) is 0 Å². The Morgan fingerprint density at radius 2 is 1.29 bits per heavy atom. The molecule has 0 aliphatic rings. The molecule has 0 aliphatic heterocycles. The molecule has 0 rings (SSSR count).